The molecule has 94 valence electrons. The molecule has 0 saturated carbocycles. The van der Waals surface area contributed by atoms with Gasteiger partial charge in [0.2, 0.25) is 10.0 Å². The molecule has 0 bridgehead atoms. The summed E-state index contributed by atoms with van der Waals surface area (Å²) in [5, 5.41) is 5.12. The van der Waals surface area contributed by atoms with Crippen molar-refractivity contribution >= 4 is 10.0 Å². The maximum Gasteiger partial charge on any atom is 0.238 e. The average Bonchev–Trinajstić information content (AvgIpc) is 2.21. The molecular formula is C12H17NO3S. The molecule has 0 fully saturated rings. The Morgan fingerprint density at radius 3 is 2.47 bits per heavy atom. The first-order chi connectivity index (χ1) is 7.86. The van der Waals surface area contributed by atoms with E-state index in [1.165, 1.54) is 6.07 Å². The number of hydrogen-bond acceptors (Lipinski definition) is 3. The molecule has 0 atom stereocenters. The lowest BCUT2D eigenvalue weighted by Gasteiger charge is -2.11. The molecule has 1 rings (SSSR count). The van der Waals surface area contributed by atoms with Gasteiger partial charge in [-0.3, -0.25) is 0 Å². The number of ether oxygens (including phenoxy) is 1. The van der Waals surface area contributed by atoms with Gasteiger partial charge < -0.3 is 4.74 Å². The molecule has 1 aromatic rings. The minimum absolute atomic E-state index is 0.147. The van der Waals surface area contributed by atoms with Gasteiger partial charge >= 0.3 is 0 Å². The number of benzene rings is 1. The van der Waals surface area contributed by atoms with E-state index in [1.807, 2.05) is 19.1 Å². The van der Waals surface area contributed by atoms with Gasteiger partial charge in [0, 0.05) is 0 Å². The van der Waals surface area contributed by atoms with E-state index in [2.05, 4.69) is 0 Å². The minimum atomic E-state index is -3.67. The van der Waals surface area contributed by atoms with Crippen molar-refractivity contribution in [2.45, 2.75) is 25.7 Å². The number of rotatable bonds is 4. The van der Waals surface area contributed by atoms with Gasteiger partial charge in [-0.2, -0.15) is 0 Å². The SMILES string of the molecule is C/C=C/COc1cc(C)c(S(N)(=O)=O)cc1C. The molecule has 2 N–H and O–H groups in total. The number of sulfonamides is 1. The molecule has 0 unspecified atom stereocenters. The van der Waals surface area contributed by atoms with Crippen LogP contribution in [0.4, 0.5) is 0 Å². The quantitative estimate of drug-likeness (QED) is 0.835. The monoisotopic (exact) mass is 255 g/mol. The first-order valence-corrected chi connectivity index (χ1v) is 6.79. The van der Waals surface area contributed by atoms with E-state index < -0.39 is 10.0 Å². The molecule has 5 heteroatoms. The molecular weight excluding hydrogens is 238 g/mol. The largest absolute Gasteiger partial charge is 0.489 e. The second kappa shape index (κ2) is 5.33. The Morgan fingerprint density at radius 2 is 1.94 bits per heavy atom. The lowest BCUT2D eigenvalue weighted by molar-refractivity contribution is 0.359. The predicted octanol–water partition coefficient (Wildman–Crippen LogP) is 1.91. The van der Waals surface area contributed by atoms with Gasteiger partial charge in [0.1, 0.15) is 12.4 Å². The first kappa shape index (κ1) is 13.7. The van der Waals surface area contributed by atoms with Crippen LogP contribution in [-0.4, -0.2) is 15.0 Å². The van der Waals surface area contributed by atoms with Gasteiger partial charge in [-0.05, 0) is 44.0 Å². The smallest absolute Gasteiger partial charge is 0.238 e. The fourth-order valence-electron chi connectivity index (χ4n) is 1.46. The highest BCUT2D eigenvalue weighted by atomic mass is 32.2. The van der Waals surface area contributed by atoms with Crippen molar-refractivity contribution in [1.29, 1.82) is 0 Å². The molecule has 0 aliphatic carbocycles. The molecule has 0 spiro atoms. The second-order valence-electron chi connectivity index (χ2n) is 3.81. The van der Waals surface area contributed by atoms with Crippen molar-refractivity contribution in [3.63, 3.8) is 0 Å². The van der Waals surface area contributed by atoms with Crippen molar-refractivity contribution in [3.8, 4) is 5.75 Å². The summed E-state index contributed by atoms with van der Waals surface area (Å²) in [7, 11) is -3.67. The van der Waals surface area contributed by atoms with Crippen molar-refractivity contribution in [1.82, 2.24) is 0 Å². The summed E-state index contributed by atoms with van der Waals surface area (Å²) in [4.78, 5) is 0.147. The van der Waals surface area contributed by atoms with E-state index in [4.69, 9.17) is 9.88 Å². The van der Waals surface area contributed by atoms with E-state index in [9.17, 15) is 8.42 Å². The zero-order valence-corrected chi connectivity index (χ0v) is 11.0. The van der Waals surface area contributed by atoms with E-state index >= 15 is 0 Å². The van der Waals surface area contributed by atoms with Crippen molar-refractivity contribution in [2.24, 2.45) is 5.14 Å². The summed E-state index contributed by atoms with van der Waals surface area (Å²) in [6.07, 6.45) is 3.77. The van der Waals surface area contributed by atoms with Crippen LogP contribution in [0.1, 0.15) is 18.1 Å². The van der Waals surface area contributed by atoms with Gasteiger partial charge in [0.05, 0.1) is 4.90 Å². The lowest BCUT2D eigenvalue weighted by Crippen LogP contribution is -2.14. The predicted molar refractivity (Wildman–Crippen MR) is 67.6 cm³/mol. The van der Waals surface area contributed by atoms with E-state index in [-0.39, 0.29) is 4.90 Å². The van der Waals surface area contributed by atoms with Crippen molar-refractivity contribution in [3.05, 3.63) is 35.4 Å². The van der Waals surface area contributed by atoms with Crippen LogP contribution in [0.5, 0.6) is 5.75 Å². The Labute approximate surface area is 102 Å². The normalized spacial score (nSPS) is 12.0. The molecule has 1 aromatic carbocycles. The molecule has 0 amide bonds. The highest BCUT2D eigenvalue weighted by molar-refractivity contribution is 7.89. The summed E-state index contributed by atoms with van der Waals surface area (Å²) >= 11 is 0. The number of aryl methyl sites for hydroxylation is 2. The molecule has 0 aromatic heterocycles. The van der Waals surface area contributed by atoms with Gasteiger partial charge in [0.25, 0.3) is 0 Å². The van der Waals surface area contributed by atoms with Crippen LogP contribution in [0.25, 0.3) is 0 Å². The summed E-state index contributed by atoms with van der Waals surface area (Å²) in [5.74, 6) is 0.674. The van der Waals surface area contributed by atoms with Crippen molar-refractivity contribution in [2.75, 3.05) is 6.61 Å². The van der Waals surface area contributed by atoms with Crippen LogP contribution >= 0.6 is 0 Å². The number of hydrogen-bond donors (Lipinski definition) is 1. The Balaban J connectivity index is 3.10. The molecule has 4 nitrogen and oxygen atoms in total. The lowest BCUT2D eigenvalue weighted by atomic mass is 10.1. The van der Waals surface area contributed by atoms with Crippen molar-refractivity contribution < 1.29 is 13.2 Å². The maximum atomic E-state index is 11.3. The summed E-state index contributed by atoms with van der Waals surface area (Å²) in [5.41, 5.74) is 1.35. The summed E-state index contributed by atoms with van der Waals surface area (Å²) in [6, 6.07) is 3.23. The summed E-state index contributed by atoms with van der Waals surface area (Å²) < 4.78 is 28.1. The highest BCUT2D eigenvalue weighted by Crippen LogP contribution is 2.25. The maximum absolute atomic E-state index is 11.3. The third kappa shape index (κ3) is 3.57. The molecule has 0 aliphatic heterocycles. The standard InChI is InChI=1S/C12H17NO3S/c1-4-5-6-16-11-7-10(3)12(8-9(11)2)17(13,14)15/h4-5,7-8H,6H2,1-3H3,(H2,13,14,15)/b5-4+. The van der Waals surface area contributed by atoms with Gasteiger partial charge in [0.15, 0.2) is 0 Å². The molecule has 0 heterocycles. The second-order valence-corrected chi connectivity index (χ2v) is 5.34. The Morgan fingerprint density at radius 1 is 1.29 bits per heavy atom. The van der Waals surface area contributed by atoms with Crippen LogP contribution in [0, 0.1) is 13.8 Å². The molecule has 17 heavy (non-hydrogen) atoms. The van der Waals surface area contributed by atoms with Crippen LogP contribution in [0.2, 0.25) is 0 Å². The zero-order chi connectivity index (χ0) is 13.1. The minimum Gasteiger partial charge on any atom is -0.489 e. The third-order valence-corrected chi connectivity index (χ3v) is 3.40. The Bertz CT molecular complexity index is 533. The van der Waals surface area contributed by atoms with Crippen LogP contribution in [0.3, 0.4) is 0 Å². The Kier molecular flexibility index (Phi) is 4.31. The van der Waals surface area contributed by atoms with Crippen LogP contribution in [0.15, 0.2) is 29.2 Å². The fraction of sp³-hybridized carbons (Fsp3) is 0.333. The molecule has 0 radical (unpaired) electrons. The van der Waals surface area contributed by atoms with E-state index in [0.717, 1.165) is 5.56 Å². The Hall–Kier alpha value is -1.33. The fourth-order valence-corrected chi connectivity index (χ4v) is 2.31. The van der Waals surface area contributed by atoms with Crippen LogP contribution in [-0.2, 0) is 10.0 Å². The topological polar surface area (TPSA) is 69.4 Å². The number of primary sulfonamides is 1. The molecule has 0 aliphatic rings. The van der Waals surface area contributed by atoms with Gasteiger partial charge in [-0.1, -0.05) is 12.2 Å². The number of allylic oxidation sites excluding steroid dienone is 1. The average molecular weight is 255 g/mol. The highest BCUT2D eigenvalue weighted by Gasteiger charge is 2.14. The van der Waals surface area contributed by atoms with Gasteiger partial charge in [-0.25, -0.2) is 13.6 Å². The zero-order valence-electron chi connectivity index (χ0n) is 10.2. The van der Waals surface area contributed by atoms with Gasteiger partial charge in [-0.15, -0.1) is 0 Å². The first-order valence-electron chi connectivity index (χ1n) is 5.24. The third-order valence-electron chi connectivity index (χ3n) is 2.35. The van der Waals surface area contributed by atoms with E-state index in [1.54, 1.807) is 19.9 Å². The number of nitrogens with two attached hydrogens (primary N) is 1. The van der Waals surface area contributed by atoms with E-state index in [0.29, 0.717) is 17.9 Å². The summed E-state index contributed by atoms with van der Waals surface area (Å²) in [6.45, 7) is 5.86. The van der Waals surface area contributed by atoms with Crippen LogP contribution < -0.4 is 9.88 Å². The molecule has 0 saturated heterocycles.